The molecule has 0 amide bonds. The molecule has 6 unspecified atom stereocenters. The van der Waals surface area contributed by atoms with Gasteiger partial charge >= 0.3 is 10.4 Å². The molecular formula is C11H21NO10S3. The van der Waals surface area contributed by atoms with Crippen LogP contribution in [-0.4, -0.2) is 91.1 Å². The lowest BCUT2D eigenvalue weighted by Gasteiger charge is -2.39. The second-order valence-electron chi connectivity index (χ2n) is 5.18. The Morgan fingerprint density at radius 3 is 2.44 bits per heavy atom. The second kappa shape index (κ2) is 10.1. The Hall–Kier alpha value is -0.320. The van der Waals surface area contributed by atoms with Gasteiger partial charge in [-0.2, -0.15) is 8.42 Å². The van der Waals surface area contributed by atoms with Gasteiger partial charge in [0.05, 0.1) is 6.61 Å². The molecule has 1 saturated heterocycles. The average molecular weight is 423 g/mol. The van der Waals surface area contributed by atoms with Crippen molar-refractivity contribution >= 4 is 38.0 Å². The maximum absolute atomic E-state index is 11.1. The highest BCUT2D eigenvalue weighted by Gasteiger charge is 2.44. The molecule has 14 heteroatoms. The van der Waals surface area contributed by atoms with E-state index < -0.39 is 57.7 Å². The third kappa shape index (κ3) is 7.84. The minimum Gasteiger partial charge on any atom is -0.394 e. The third-order valence-corrected chi connectivity index (χ3v) is 5.46. The summed E-state index contributed by atoms with van der Waals surface area (Å²) in [7, 11) is -5.94. The predicted octanol–water partition coefficient (Wildman–Crippen LogP) is -2.19. The van der Waals surface area contributed by atoms with Crippen molar-refractivity contribution in [3.05, 3.63) is 0 Å². The van der Waals surface area contributed by atoms with Crippen LogP contribution in [-0.2, 0) is 30.2 Å². The van der Waals surface area contributed by atoms with Crippen LogP contribution >= 0.6 is 11.8 Å². The standard InChI is InChI=1S/C11H21NO10S3/c1-24(17)4-2-3-7(12-22-25(18,19)20)23-11-10(16)9(15)8(14)6(5-13)21-11/h6,8-11,13-16H,2-5H2,1H3,(H,18,19,20)/b12-7-. The van der Waals surface area contributed by atoms with Crippen LogP contribution in [0.15, 0.2) is 5.16 Å². The van der Waals surface area contributed by atoms with E-state index in [-0.39, 0.29) is 11.5 Å². The number of aliphatic hydroxyl groups excluding tert-OH is 4. The van der Waals surface area contributed by atoms with Crippen molar-refractivity contribution in [2.75, 3.05) is 18.6 Å². The zero-order valence-corrected chi connectivity index (χ0v) is 15.6. The smallest absolute Gasteiger partial charge is 0.394 e. The van der Waals surface area contributed by atoms with Crippen LogP contribution in [0, 0.1) is 0 Å². The molecule has 0 aromatic heterocycles. The first-order valence-electron chi connectivity index (χ1n) is 7.05. The fraction of sp³-hybridized carbons (Fsp3) is 0.909. The maximum atomic E-state index is 11.1. The van der Waals surface area contributed by atoms with Gasteiger partial charge in [-0.15, -0.1) is 0 Å². The van der Waals surface area contributed by atoms with Crippen molar-refractivity contribution in [3.8, 4) is 0 Å². The number of hydrogen-bond donors (Lipinski definition) is 5. The largest absolute Gasteiger partial charge is 0.466 e. The lowest BCUT2D eigenvalue weighted by atomic mass is 10.0. The number of aliphatic hydroxyl groups is 4. The Morgan fingerprint density at radius 2 is 1.92 bits per heavy atom. The van der Waals surface area contributed by atoms with Gasteiger partial charge < -0.3 is 25.2 Å². The number of hydrogen-bond acceptors (Lipinski definition) is 11. The van der Waals surface area contributed by atoms with E-state index in [1.165, 1.54) is 6.26 Å². The molecule has 0 radical (unpaired) electrons. The first-order valence-corrected chi connectivity index (χ1v) is 11.0. The minimum absolute atomic E-state index is 0.0209. The summed E-state index contributed by atoms with van der Waals surface area (Å²) in [5.41, 5.74) is -1.19. The number of rotatable bonds is 8. The molecule has 11 nitrogen and oxygen atoms in total. The summed E-state index contributed by atoms with van der Waals surface area (Å²) in [5, 5.41) is 41.8. The molecule has 0 saturated carbocycles. The maximum Gasteiger partial charge on any atom is 0.466 e. The van der Waals surface area contributed by atoms with E-state index in [1.807, 2.05) is 0 Å². The molecule has 1 heterocycles. The van der Waals surface area contributed by atoms with Gasteiger partial charge in [0.15, 0.2) is 0 Å². The normalized spacial score (nSPS) is 32.4. The first kappa shape index (κ1) is 22.7. The first-order chi connectivity index (χ1) is 11.5. The molecule has 1 fully saturated rings. The van der Waals surface area contributed by atoms with Crippen LogP contribution in [0.4, 0.5) is 0 Å². The van der Waals surface area contributed by atoms with Gasteiger partial charge in [0.1, 0.15) is 34.9 Å². The van der Waals surface area contributed by atoms with Gasteiger partial charge in [0.2, 0.25) is 0 Å². The molecular weight excluding hydrogens is 402 g/mol. The SMILES string of the molecule is CS(=O)CCC/C(=N/OS(=O)(=O)O)SC1OC(CO)C(O)C(O)C1O. The molecule has 1 rings (SSSR count). The van der Waals surface area contributed by atoms with Crippen LogP contribution in [0.5, 0.6) is 0 Å². The van der Waals surface area contributed by atoms with Crippen molar-refractivity contribution < 1.29 is 46.6 Å². The summed E-state index contributed by atoms with van der Waals surface area (Å²) in [6.45, 7) is -0.620. The highest BCUT2D eigenvalue weighted by atomic mass is 32.3. The summed E-state index contributed by atoms with van der Waals surface area (Å²) in [6, 6.07) is 0. The monoisotopic (exact) mass is 423 g/mol. The van der Waals surface area contributed by atoms with Gasteiger partial charge in [-0.25, -0.2) is 4.28 Å². The minimum atomic E-state index is -4.84. The summed E-state index contributed by atoms with van der Waals surface area (Å²) in [4.78, 5) is 0. The van der Waals surface area contributed by atoms with Crippen LogP contribution in [0.1, 0.15) is 12.8 Å². The predicted molar refractivity (Wildman–Crippen MR) is 89.6 cm³/mol. The third-order valence-electron chi connectivity index (χ3n) is 3.16. The molecule has 0 bridgehead atoms. The molecule has 0 aromatic carbocycles. The van der Waals surface area contributed by atoms with E-state index in [0.717, 1.165) is 0 Å². The Balaban J connectivity index is 2.85. The molecule has 1 aliphatic rings. The quantitative estimate of drug-likeness (QED) is 0.124. The molecule has 5 N–H and O–H groups in total. The molecule has 25 heavy (non-hydrogen) atoms. The topological polar surface area (TPSA) is 183 Å². The summed E-state index contributed by atoms with van der Waals surface area (Å²) >= 11 is 0.687. The second-order valence-corrected chi connectivity index (χ2v) is 8.91. The average Bonchev–Trinajstić information content (AvgIpc) is 2.51. The van der Waals surface area contributed by atoms with Crippen molar-refractivity contribution in [1.82, 2.24) is 0 Å². The van der Waals surface area contributed by atoms with Crippen molar-refractivity contribution in [2.45, 2.75) is 42.7 Å². The fourth-order valence-electron chi connectivity index (χ4n) is 1.94. The van der Waals surface area contributed by atoms with Crippen LogP contribution < -0.4 is 0 Å². The lowest BCUT2D eigenvalue weighted by Crippen LogP contribution is -2.57. The molecule has 0 aliphatic carbocycles. The molecule has 0 spiro atoms. The number of oxime groups is 1. The summed E-state index contributed by atoms with van der Waals surface area (Å²) < 4.78 is 50.2. The van der Waals surface area contributed by atoms with Crippen LogP contribution in [0.25, 0.3) is 0 Å². The Labute approximate surface area is 151 Å². The van der Waals surface area contributed by atoms with E-state index in [2.05, 4.69) is 9.44 Å². The van der Waals surface area contributed by atoms with Gasteiger partial charge in [0, 0.05) is 29.2 Å². The molecule has 1 aliphatic heterocycles. The Morgan fingerprint density at radius 1 is 1.28 bits per heavy atom. The molecule has 0 aromatic rings. The zero-order chi connectivity index (χ0) is 19.2. The van der Waals surface area contributed by atoms with Crippen LogP contribution in [0.2, 0.25) is 0 Å². The van der Waals surface area contributed by atoms with Gasteiger partial charge in [-0.3, -0.25) is 8.76 Å². The van der Waals surface area contributed by atoms with Gasteiger partial charge in [-0.05, 0) is 6.42 Å². The van der Waals surface area contributed by atoms with E-state index in [9.17, 15) is 27.9 Å². The number of thioether (sulfide) groups is 1. The van der Waals surface area contributed by atoms with Gasteiger partial charge in [0.25, 0.3) is 0 Å². The van der Waals surface area contributed by atoms with Crippen molar-refractivity contribution in [2.24, 2.45) is 5.16 Å². The zero-order valence-electron chi connectivity index (χ0n) is 13.2. The highest BCUT2D eigenvalue weighted by molar-refractivity contribution is 8.14. The fourth-order valence-corrected chi connectivity index (χ4v) is 3.83. The van der Waals surface area contributed by atoms with E-state index in [0.29, 0.717) is 23.9 Å². The van der Waals surface area contributed by atoms with Crippen LogP contribution in [0.3, 0.4) is 0 Å². The van der Waals surface area contributed by atoms with E-state index >= 15 is 0 Å². The Bertz CT molecular complexity index is 581. The summed E-state index contributed by atoms with van der Waals surface area (Å²) in [6.07, 6.45) is -3.92. The van der Waals surface area contributed by atoms with E-state index in [1.54, 1.807) is 0 Å². The highest BCUT2D eigenvalue weighted by Crippen LogP contribution is 2.30. The summed E-state index contributed by atoms with van der Waals surface area (Å²) in [5.74, 6) is 0.292. The van der Waals surface area contributed by atoms with E-state index in [4.69, 9.17) is 14.4 Å². The Kier molecular flexibility index (Phi) is 9.20. The van der Waals surface area contributed by atoms with Crippen molar-refractivity contribution in [1.29, 1.82) is 0 Å². The number of ether oxygens (including phenoxy) is 1. The molecule has 148 valence electrons. The van der Waals surface area contributed by atoms with Gasteiger partial charge in [-0.1, -0.05) is 16.9 Å². The molecule has 6 atom stereocenters. The number of nitrogens with zero attached hydrogens (tertiary/aromatic N) is 1. The lowest BCUT2D eigenvalue weighted by molar-refractivity contribution is -0.205. The van der Waals surface area contributed by atoms with Crippen molar-refractivity contribution in [3.63, 3.8) is 0 Å².